The average Bonchev–Trinajstić information content (AvgIpc) is 3.88. The maximum absolute atomic E-state index is 7.61. The highest BCUT2D eigenvalue weighted by molar-refractivity contribution is 6.56. The molecule has 0 saturated heterocycles. The van der Waals surface area contributed by atoms with Gasteiger partial charge in [-0.2, -0.15) is 0 Å². The van der Waals surface area contributed by atoms with Crippen molar-refractivity contribution in [2.75, 3.05) is 0 Å². The molecule has 2 aliphatic rings. The van der Waals surface area contributed by atoms with Crippen molar-refractivity contribution in [3.8, 4) is 0 Å². The Balaban J connectivity index is 1.48. The molecule has 10 rings (SSSR count). The molecule has 0 spiro atoms. The third-order valence-electron chi connectivity index (χ3n) is 10.8. The lowest BCUT2D eigenvalue weighted by Gasteiger charge is -2.40. The summed E-state index contributed by atoms with van der Waals surface area (Å²) in [5, 5.41) is 4.76. The van der Waals surface area contributed by atoms with E-state index in [9.17, 15) is 0 Å². The molecular formula is C50H30Cl4N4. The monoisotopic (exact) mass is 826 g/mol. The summed E-state index contributed by atoms with van der Waals surface area (Å²) in [7, 11) is 0. The zero-order valence-corrected chi connectivity index (χ0v) is 33.6. The summed E-state index contributed by atoms with van der Waals surface area (Å²) in [6.07, 6.45) is 0. The lowest BCUT2D eigenvalue weighted by molar-refractivity contribution is 0.261. The number of aliphatic imine (C=N–C) groups is 4. The third-order valence-corrected chi connectivity index (χ3v) is 12.0. The Hall–Kier alpha value is -5.88. The Bertz CT molecular complexity index is 2720. The van der Waals surface area contributed by atoms with Crippen LogP contribution < -0.4 is 0 Å². The molecular weight excluding hydrogens is 798 g/mol. The van der Waals surface area contributed by atoms with Gasteiger partial charge in [0, 0.05) is 54.2 Å². The molecule has 8 aromatic carbocycles. The maximum atomic E-state index is 7.61. The Morgan fingerprint density at radius 1 is 0.276 bits per heavy atom. The van der Waals surface area contributed by atoms with Crippen LogP contribution in [0.2, 0.25) is 20.1 Å². The molecule has 2 aliphatic heterocycles. The minimum Gasteiger partial charge on any atom is -0.243 e. The van der Waals surface area contributed by atoms with Crippen molar-refractivity contribution in [1.82, 2.24) is 0 Å². The van der Waals surface area contributed by atoms with Gasteiger partial charge in [0.05, 0.1) is 32.9 Å². The van der Waals surface area contributed by atoms with Crippen LogP contribution in [0, 0.1) is 0 Å². The van der Waals surface area contributed by atoms with Crippen LogP contribution in [0.25, 0.3) is 21.5 Å². The molecule has 0 aliphatic carbocycles. The van der Waals surface area contributed by atoms with E-state index in [-0.39, 0.29) is 0 Å². The highest BCUT2D eigenvalue weighted by Crippen LogP contribution is 2.60. The van der Waals surface area contributed by atoms with Gasteiger partial charge in [-0.05, 0) is 22.9 Å². The molecule has 2 heterocycles. The fourth-order valence-corrected chi connectivity index (χ4v) is 9.63. The van der Waals surface area contributed by atoms with E-state index >= 15 is 0 Å². The Morgan fingerprint density at radius 2 is 0.517 bits per heavy atom. The summed E-state index contributed by atoms with van der Waals surface area (Å²) < 4.78 is 0. The highest BCUT2D eigenvalue weighted by atomic mass is 35.5. The smallest absolute Gasteiger partial charge is 0.228 e. The van der Waals surface area contributed by atoms with Crippen molar-refractivity contribution < 1.29 is 0 Å². The normalized spacial score (nSPS) is 15.6. The van der Waals surface area contributed by atoms with E-state index in [1.807, 2.05) is 170 Å². The second-order valence-electron chi connectivity index (χ2n) is 14.2. The van der Waals surface area contributed by atoms with E-state index in [2.05, 4.69) is 0 Å². The minimum absolute atomic E-state index is 0.353. The molecule has 0 atom stereocenters. The zero-order chi connectivity index (χ0) is 39.4. The second-order valence-corrected chi connectivity index (χ2v) is 15.8. The summed E-state index contributed by atoms with van der Waals surface area (Å²) in [5.74, 6) is 0. The SMILES string of the molecule is Clc1cc(Cl)c2ccccc2c1C1(C2(c3c(Cl)cc(Cl)c4ccccc34)N=C(c3ccccc3)C(c3ccccc3)=N2)N=C(c2ccccc2)C(c2ccccc2)=N1. The number of nitrogens with zero attached hydrogens (tertiary/aromatic N) is 4. The quantitative estimate of drug-likeness (QED) is 0.154. The molecule has 4 nitrogen and oxygen atoms in total. The fraction of sp³-hybridized carbons (Fsp3) is 0.0400. The molecule has 8 heteroatoms. The van der Waals surface area contributed by atoms with Crippen LogP contribution in [0.3, 0.4) is 0 Å². The molecule has 278 valence electrons. The lowest BCUT2D eigenvalue weighted by Crippen LogP contribution is -2.44. The van der Waals surface area contributed by atoms with Crippen LogP contribution >= 0.6 is 46.4 Å². The summed E-state index contributed by atoms with van der Waals surface area (Å²) >= 11 is 29.3. The first-order chi connectivity index (χ1) is 28.4. The van der Waals surface area contributed by atoms with Crippen LogP contribution in [0.4, 0.5) is 0 Å². The Labute approximate surface area is 355 Å². The van der Waals surface area contributed by atoms with Crippen molar-refractivity contribution in [3.05, 3.63) is 235 Å². The van der Waals surface area contributed by atoms with Gasteiger partial charge >= 0.3 is 0 Å². The van der Waals surface area contributed by atoms with Crippen LogP contribution in [0.5, 0.6) is 0 Å². The van der Waals surface area contributed by atoms with Gasteiger partial charge in [-0.25, -0.2) is 20.0 Å². The van der Waals surface area contributed by atoms with E-state index < -0.39 is 11.3 Å². The van der Waals surface area contributed by atoms with Gasteiger partial charge in [0.1, 0.15) is 0 Å². The van der Waals surface area contributed by atoms with Gasteiger partial charge in [0.2, 0.25) is 11.3 Å². The van der Waals surface area contributed by atoms with Crippen molar-refractivity contribution in [2.24, 2.45) is 20.0 Å². The van der Waals surface area contributed by atoms with Gasteiger partial charge in [0.25, 0.3) is 0 Å². The van der Waals surface area contributed by atoms with Crippen LogP contribution in [-0.2, 0) is 11.3 Å². The molecule has 8 aromatic rings. The number of fused-ring (bicyclic) bond motifs is 2. The van der Waals surface area contributed by atoms with Gasteiger partial charge < -0.3 is 0 Å². The predicted octanol–water partition coefficient (Wildman–Crippen LogP) is 13.6. The molecule has 0 saturated carbocycles. The molecule has 0 bridgehead atoms. The van der Waals surface area contributed by atoms with Crippen molar-refractivity contribution in [1.29, 1.82) is 0 Å². The molecule has 0 amide bonds. The Morgan fingerprint density at radius 3 is 0.793 bits per heavy atom. The average molecular weight is 829 g/mol. The third kappa shape index (κ3) is 5.74. The summed E-state index contributed by atoms with van der Waals surface area (Å²) in [4.78, 5) is 23.6. The van der Waals surface area contributed by atoms with E-state index in [0.717, 1.165) is 43.8 Å². The number of benzene rings is 8. The minimum atomic E-state index is -1.73. The van der Waals surface area contributed by atoms with Crippen molar-refractivity contribution >= 4 is 90.8 Å². The number of halogens is 4. The predicted molar refractivity (Wildman–Crippen MR) is 243 cm³/mol. The summed E-state index contributed by atoms with van der Waals surface area (Å²) in [6, 6.07) is 59.6. The summed E-state index contributed by atoms with van der Waals surface area (Å²) in [5.41, 5.74) is 3.74. The zero-order valence-electron chi connectivity index (χ0n) is 30.6. The molecule has 0 radical (unpaired) electrons. The van der Waals surface area contributed by atoms with Gasteiger partial charge in [0.15, 0.2) is 0 Å². The standard InChI is InChI=1S/C50H30Cl4N4/c51-39-29-41(53)43(37-27-15-13-25-35(37)39)49(55-45(31-17-5-1-6-18-31)46(56-49)32-19-7-2-8-20-32)50(44-38-28-16-14-26-36(38)40(52)30-42(44)54)57-47(33-21-9-3-10-22-33)48(58-50)34-23-11-4-12-24-34/h1-30H. The van der Waals surface area contributed by atoms with Gasteiger partial charge in [-0.15, -0.1) is 0 Å². The van der Waals surface area contributed by atoms with Crippen LogP contribution in [0.1, 0.15) is 33.4 Å². The van der Waals surface area contributed by atoms with Crippen LogP contribution in [0.15, 0.2) is 202 Å². The molecule has 0 N–H and O–H groups in total. The van der Waals surface area contributed by atoms with Gasteiger partial charge in [-0.1, -0.05) is 216 Å². The van der Waals surface area contributed by atoms with Crippen molar-refractivity contribution in [3.63, 3.8) is 0 Å². The van der Waals surface area contributed by atoms with Crippen LogP contribution in [-0.4, -0.2) is 22.8 Å². The highest BCUT2D eigenvalue weighted by Gasteiger charge is 2.63. The largest absolute Gasteiger partial charge is 0.243 e. The van der Waals surface area contributed by atoms with Gasteiger partial charge in [-0.3, -0.25) is 0 Å². The molecule has 0 fully saturated rings. The van der Waals surface area contributed by atoms with E-state index in [1.54, 1.807) is 12.1 Å². The molecule has 0 unspecified atom stereocenters. The number of hydrogen-bond acceptors (Lipinski definition) is 4. The number of hydrogen-bond donors (Lipinski definition) is 0. The Kier molecular flexibility index (Phi) is 9.11. The maximum Gasteiger partial charge on any atom is 0.228 e. The van der Waals surface area contributed by atoms with E-state index in [0.29, 0.717) is 54.1 Å². The second kappa shape index (κ2) is 14.5. The molecule has 58 heavy (non-hydrogen) atoms. The molecule has 0 aromatic heterocycles. The first-order valence-electron chi connectivity index (χ1n) is 18.7. The van der Waals surface area contributed by atoms with Crippen molar-refractivity contribution in [2.45, 2.75) is 11.3 Å². The fourth-order valence-electron chi connectivity index (χ4n) is 8.29. The lowest BCUT2D eigenvalue weighted by atomic mass is 9.78. The van der Waals surface area contributed by atoms with E-state index in [4.69, 9.17) is 66.4 Å². The first kappa shape index (κ1) is 36.5. The first-order valence-corrected chi connectivity index (χ1v) is 20.3. The number of rotatable bonds is 7. The topological polar surface area (TPSA) is 49.4 Å². The summed E-state index contributed by atoms with van der Waals surface area (Å²) in [6.45, 7) is 0. The van der Waals surface area contributed by atoms with E-state index in [1.165, 1.54) is 0 Å².